The Hall–Kier alpha value is -2.62. The summed E-state index contributed by atoms with van der Waals surface area (Å²) in [5, 5.41) is 3.41. The van der Waals surface area contributed by atoms with Crippen LogP contribution in [0.2, 0.25) is 0 Å². The topological polar surface area (TPSA) is 42.7 Å². The van der Waals surface area contributed by atoms with Crippen LogP contribution < -0.4 is 5.32 Å². The van der Waals surface area contributed by atoms with Crippen LogP contribution in [0.5, 0.6) is 0 Å². The Morgan fingerprint density at radius 1 is 1.14 bits per heavy atom. The maximum Gasteiger partial charge on any atom is 0.137 e. The van der Waals surface area contributed by atoms with Crippen molar-refractivity contribution in [2.45, 2.75) is 20.4 Å². The van der Waals surface area contributed by atoms with Gasteiger partial charge in [0.1, 0.15) is 12.1 Å². The molecule has 2 heterocycles. The Morgan fingerprint density at radius 2 is 2.05 bits per heavy atom. The predicted molar refractivity (Wildman–Crippen MR) is 84.6 cm³/mol. The molecule has 4 nitrogen and oxygen atoms in total. The van der Waals surface area contributed by atoms with Gasteiger partial charge in [0.2, 0.25) is 0 Å². The van der Waals surface area contributed by atoms with Crippen molar-refractivity contribution >= 4 is 5.69 Å². The fourth-order valence-electron chi connectivity index (χ4n) is 2.24. The summed E-state index contributed by atoms with van der Waals surface area (Å²) >= 11 is 0. The Bertz CT molecular complexity index is 715. The minimum atomic E-state index is 0.805. The van der Waals surface area contributed by atoms with Crippen LogP contribution in [0.1, 0.15) is 16.7 Å². The van der Waals surface area contributed by atoms with Crippen molar-refractivity contribution in [1.82, 2.24) is 14.5 Å². The molecule has 1 N–H and O–H groups in total. The van der Waals surface area contributed by atoms with Gasteiger partial charge < -0.3 is 5.32 Å². The number of anilines is 1. The third kappa shape index (κ3) is 2.94. The van der Waals surface area contributed by atoms with E-state index < -0.39 is 0 Å². The summed E-state index contributed by atoms with van der Waals surface area (Å²) < 4.78 is 1.88. The average molecular weight is 278 g/mol. The van der Waals surface area contributed by atoms with Gasteiger partial charge in [-0.2, -0.15) is 0 Å². The van der Waals surface area contributed by atoms with Crippen LogP contribution in [0.4, 0.5) is 5.69 Å². The van der Waals surface area contributed by atoms with Crippen molar-refractivity contribution < 1.29 is 0 Å². The van der Waals surface area contributed by atoms with E-state index in [4.69, 9.17) is 0 Å². The smallest absolute Gasteiger partial charge is 0.137 e. The molecule has 0 saturated carbocycles. The first-order chi connectivity index (χ1) is 10.2. The van der Waals surface area contributed by atoms with Crippen LogP contribution in [0.3, 0.4) is 0 Å². The van der Waals surface area contributed by atoms with Crippen LogP contribution >= 0.6 is 0 Å². The molecule has 1 aromatic carbocycles. The summed E-state index contributed by atoms with van der Waals surface area (Å²) in [4.78, 5) is 8.46. The van der Waals surface area contributed by atoms with Gasteiger partial charge in [-0.3, -0.25) is 4.57 Å². The van der Waals surface area contributed by atoms with Gasteiger partial charge in [0.15, 0.2) is 0 Å². The summed E-state index contributed by atoms with van der Waals surface area (Å²) in [6.07, 6.45) is 7.21. The first-order valence-electron chi connectivity index (χ1n) is 6.97. The van der Waals surface area contributed by atoms with Crippen LogP contribution in [-0.4, -0.2) is 14.5 Å². The summed E-state index contributed by atoms with van der Waals surface area (Å²) in [7, 11) is 0. The number of imidazole rings is 1. The zero-order valence-electron chi connectivity index (χ0n) is 12.2. The average Bonchev–Trinajstić information content (AvgIpc) is 3.04. The van der Waals surface area contributed by atoms with Gasteiger partial charge in [-0.05, 0) is 42.7 Å². The number of aryl methyl sites for hydroxylation is 1. The summed E-state index contributed by atoms with van der Waals surface area (Å²) in [6.45, 7) is 5.10. The first kappa shape index (κ1) is 13.4. The molecule has 0 saturated heterocycles. The van der Waals surface area contributed by atoms with E-state index in [1.165, 1.54) is 16.7 Å². The lowest BCUT2D eigenvalue weighted by Gasteiger charge is -2.11. The second-order valence-electron chi connectivity index (χ2n) is 5.09. The van der Waals surface area contributed by atoms with E-state index in [9.17, 15) is 0 Å². The molecule has 0 bridgehead atoms. The molecule has 0 amide bonds. The monoisotopic (exact) mass is 278 g/mol. The number of hydrogen-bond acceptors (Lipinski definition) is 3. The Labute approximate surface area is 124 Å². The largest absolute Gasteiger partial charge is 0.380 e. The molecule has 2 aromatic heterocycles. The minimum Gasteiger partial charge on any atom is -0.380 e. The van der Waals surface area contributed by atoms with Crippen LogP contribution in [0.15, 0.2) is 55.2 Å². The quantitative estimate of drug-likeness (QED) is 0.794. The highest BCUT2D eigenvalue weighted by atomic mass is 15.1. The molecule has 3 rings (SSSR count). The number of nitrogens with zero attached hydrogens (tertiary/aromatic N) is 3. The number of nitrogens with one attached hydrogen (secondary N) is 1. The zero-order chi connectivity index (χ0) is 14.7. The lowest BCUT2D eigenvalue weighted by atomic mass is 10.0. The van der Waals surface area contributed by atoms with Gasteiger partial charge in [-0.1, -0.05) is 18.2 Å². The van der Waals surface area contributed by atoms with E-state index in [2.05, 4.69) is 47.3 Å². The second-order valence-corrected chi connectivity index (χ2v) is 5.09. The molecule has 0 aliphatic rings. The second kappa shape index (κ2) is 5.79. The van der Waals surface area contributed by atoms with Crippen molar-refractivity contribution in [3.63, 3.8) is 0 Å². The number of aromatic nitrogens is 3. The van der Waals surface area contributed by atoms with Crippen molar-refractivity contribution in [2.75, 3.05) is 5.32 Å². The molecule has 0 aliphatic heterocycles. The van der Waals surface area contributed by atoms with E-state index in [0.29, 0.717) is 0 Å². The van der Waals surface area contributed by atoms with E-state index in [0.717, 1.165) is 18.1 Å². The lowest BCUT2D eigenvalue weighted by Crippen LogP contribution is -2.03. The molecule has 0 aliphatic carbocycles. The standard InChI is InChI=1S/C17H18N4/c1-13-4-3-5-15(14(13)2)10-19-16-6-7-17(20-11-16)21-9-8-18-12-21/h3-9,11-12,19H,10H2,1-2H3. The lowest BCUT2D eigenvalue weighted by molar-refractivity contribution is 0.990. The zero-order valence-corrected chi connectivity index (χ0v) is 12.2. The normalized spacial score (nSPS) is 10.6. The molecule has 3 aromatic rings. The predicted octanol–water partition coefficient (Wildman–Crippen LogP) is 3.50. The van der Waals surface area contributed by atoms with E-state index in [1.54, 1.807) is 12.5 Å². The minimum absolute atomic E-state index is 0.805. The van der Waals surface area contributed by atoms with Gasteiger partial charge in [0.05, 0.1) is 11.9 Å². The Morgan fingerprint density at radius 3 is 2.76 bits per heavy atom. The number of benzene rings is 1. The molecule has 0 radical (unpaired) electrons. The van der Waals surface area contributed by atoms with Gasteiger partial charge in [0, 0.05) is 18.9 Å². The third-order valence-electron chi connectivity index (χ3n) is 3.72. The molecule has 0 atom stereocenters. The number of hydrogen-bond donors (Lipinski definition) is 1. The fraction of sp³-hybridized carbons (Fsp3) is 0.176. The Balaban J connectivity index is 1.70. The van der Waals surface area contributed by atoms with Gasteiger partial charge in [0.25, 0.3) is 0 Å². The molecule has 0 fully saturated rings. The third-order valence-corrected chi connectivity index (χ3v) is 3.72. The Kier molecular flexibility index (Phi) is 3.69. The summed E-state index contributed by atoms with van der Waals surface area (Å²) in [6, 6.07) is 10.4. The summed E-state index contributed by atoms with van der Waals surface area (Å²) in [5.41, 5.74) is 4.99. The maximum atomic E-state index is 4.43. The van der Waals surface area contributed by atoms with E-state index in [1.807, 2.05) is 29.1 Å². The molecule has 0 spiro atoms. The SMILES string of the molecule is Cc1cccc(CNc2ccc(-n3ccnc3)nc2)c1C. The van der Waals surface area contributed by atoms with E-state index >= 15 is 0 Å². The van der Waals surface area contributed by atoms with Gasteiger partial charge >= 0.3 is 0 Å². The van der Waals surface area contributed by atoms with Crippen molar-refractivity contribution in [2.24, 2.45) is 0 Å². The highest BCUT2D eigenvalue weighted by molar-refractivity contribution is 5.45. The maximum absolute atomic E-state index is 4.43. The fourth-order valence-corrected chi connectivity index (χ4v) is 2.24. The highest BCUT2D eigenvalue weighted by Gasteiger charge is 2.01. The van der Waals surface area contributed by atoms with Crippen molar-refractivity contribution in [3.05, 3.63) is 71.9 Å². The van der Waals surface area contributed by atoms with Gasteiger partial charge in [-0.25, -0.2) is 9.97 Å². The highest BCUT2D eigenvalue weighted by Crippen LogP contribution is 2.15. The molecule has 0 unspecified atom stereocenters. The summed E-state index contributed by atoms with van der Waals surface area (Å²) in [5.74, 6) is 0.866. The molecule has 4 heteroatoms. The number of pyridine rings is 1. The van der Waals surface area contributed by atoms with Crippen molar-refractivity contribution in [3.8, 4) is 5.82 Å². The van der Waals surface area contributed by atoms with Crippen LogP contribution in [0, 0.1) is 13.8 Å². The first-order valence-corrected chi connectivity index (χ1v) is 6.97. The molecule has 106 valence electrons. The molecular weight excluding hydrogens is 260 g/mol. The van der Waals surface area contributed by atoms with Crippen molar-refractivity contribution in [1.29, 1.82) is 0 Å². The van der Waals surface area contributed by atoms with Gasteiger partial charge in [-0.15, -0.1) is 0 Å². The molecular formula is C17H18N4. The van der Waals surface area contributed by atoms with E-state index in [-0.39, 0.29) is 0 Å². The van der Waals surface area contributed by atoms with Crippen LogP contribution in [0.25, 0.3) is 5.82 Å². The number of rotatable bonds is 4. The van der Waals surface area contributed by atoms with Crippen LogP contribution in [-0.2, 0) is 6.54 Å². The molecule has 21 heavy (non-hydrogen) atoms.